The number of benzene rings is 3. The summed E-state index contributed by atoms with van der Waals surface area (Å²) in [6.07, 6.45) is 1.27. The molecule has 3 aromatic rings. The van der Waals surface area contributed by atoms with E-state index in [9.17, 15) is 8.42 Å². The maximum Gasteiger partial charge on any atom is 0.282 e. The highest BCUT2D eigenvalue weighted by Crippen LogP contribution is 2.26. The van der Waals surface area contributed by atoms with Crippen molar-refractivity contribution in [2.75, 3.05) is 0 Å². The van der Waals surface area contributed by atoms with Gasteiger partial charge in [-0.25, -0.2) is 0 Å². The van der Waals surface area contributed by atoms with Crippen LogP contribution in [0, 0.1) is 0 Å². The lowest BCUT2D eigenvalue weighted by molar-refractivity contribution is 0.306. The molecule has 0 N–H and O–H groups in total. The molecule has 0 atom stereocenters. The van der Waals surface area contributed by atoms with E-state index in [4.69, 9.17) is 16.3 Å². The van der Waals surface area contributed by atoms with E-state index < -0.39 is 10.0 Å². The molecular weight excluding hydrogens is 370 g/mol. The Bertz CT molecular complexity index is 1000. The number of nitrogens with zero attached hydrogens (tertiary/aromatic N) is 1. The maximum absolute atomic E-state index is 12.2. The van der Waals surface area contributed by atoms with Gasteiger partial charge in [-0.3, -0.25) is 0 Å². The molecule has 132 valence electrons. The lowest BCUT2D eigenvalue weighted by atomic mass is 10.2. The predicted octanol–water partition coefficient (Wildman–Crippen LogP) is 4.73. The van der Waals surface area contributed by atoms with Crippen LogP contribution in [0.15, 0.2) is 88.2 Å². The summed E-state index contributed by atoms with van der Waals surface area (Å²) < 4.78 is 33.7. The van der Waals surface area contributed by atoms with Crippen molar-refractivity contribution in [2.45, 2.75) is 11.5 Å². The Morgan fingerprint density at radius 2 is 1.58 bits per heavy atom. The van der Waals surface area contributed by atoms with Crippen LogP contribution in [0.5, 0.6) is 5.75 Å². The third kappa shape index (κ3) is 4.71. The van der Waals surface area contributed by atoms with Crippen molar-refractivity contribution < 1.29 is 13.2 Å². The van der Waals surface area contributed by atoms with E-state index in [1.165, 1.54) is 18.3 Å². The van der Waals surface area contributed by atoms with Crippen LogP contribution >= 0.6 is 11.6 Å². The minimum Gasteiger partial charge on any atom is -0.487 e. The minimum absolute atomic E-state index is 0.144. The second-order valence-electron chi connectivity index (χ2n) is 5.49. The van der Waals surface area contributed by atoms with E-state index in [1.807, 2.05) is 30.3 Å². The quantitative estimate of drug-likeness (QED) is 0.576. The average Bonchev–Trinajstić information content (AvgIpc) is 2.67. The van der Waals surface area contributed by atoms with Gasteiger partial charge in [0.15, 0.2) is 0 Å². The van der Waals surface area contributed by atoms with Crippen LogP contribution < -0.4 is 4.74 Å². The molecule has 0 bridgehead atoms. The first-order chi connectivity index (χ1) is 12.5. The maximum atomic E-state index is 12.2. The summed E-state index contributed by atoms with van der Waals surface area (Å²) >= 11 is 6.23. The molecule has 26 heavy (non-hydrogen) atoms. The van der Waals surface area contributed by atoms with Crippen LogP contribution in [0.2, 0.25) is 5.02 Å². The molecule has 0 aromatic heterocycles. The van der Waals surface area contributed by atoms with Crippen molar-refractivity contribution in [3.05, 3.63) is 95.0 Å². The van der Waals surface area contributed by atoms with E-state index in [2.05, 4.69) is 4.40 Å². The van der Waals surface area contributed by atoms with E-state index in [0.717, 1.165) is 5.56 Å². The fourth-order valence-corrected chi connectivity index (χ4v) is 3.36. The molecule has 0 aliphatic carbocycles. The first-order valence-corrected chi connectivity index (χ1v) is 9.68. The largest absolute Gasteiger partial charge is 0.487 e. The standard InChI is InChI=1S/C20H16ClNO3S/c21-19-13-17(14-22-26(23,24)18-9-5-2-6-10-18)11-12-20(19)25-15-16-7-3-1-4-8-16/h1-14H,15H2/b22-14-. The Labute approximate surface area is 157 Å². The number of sulfonamides is 1. The molecular formula is C20H16ClNO3S. The molecule has 0 saturated heterocycles. The van der Waals surface area contributed by atoms with Gasteiger partial charge in [0.25, 0.3) is 10.0 Å². The Morgan fingerprint density at radius 3 is 2.23 bits per heavy atom. The van der Waals surface area contributed by atoms with Crippen LogP contribution in [0.4, 0.5) is 0 Å². The highest BCUT2D eigenvalue weighted by molar-refractivity contribution is 7.90. The van der Waals surface area contributed by atoms with E-state index in [0.29, 0.717) is 22.9 Å². The molecule has 0 radical (unpaired) electrons. The van der Waals surface area contributed by atoms with Crippen LogP contribution in [-0.4, -0.2) is 14.6 Å². The van der Waals surface area contributed by atoms with Crippen molar-refractivity contribution in [2.24, 2.45) is 4.40 Å². The van der Waals surface area contributed by atoms with Gasteiger partial charge in [0, 0.05) is 6.21 Å². The number of halogens is 1. The van der Waals surface area contributed by atoms with Gasteiger partial charge in [-0.15, -0.1) is 0 Å². The molecule has 0 unspecified atom stereocenters. The lowest BCUT2D eigenvalue weighted by Gasteiger charge is -2.08. The molecule has 3 aromatic carbocycles. The highest BCUT2D eigenvalue weighted by atomic mass is 35.5. The topological polar surface area (TPSA) is 55.7 Å². The summed E-state index contributed by atoms with van der Waals surface area (Å²) in [6.45, 7) is 0.399. The molecule has 0 aliphatic heterocycles. The smallest absolute Gasteiger partial charge is 0.282 e. The second kappa shape index (κ2) is 8.17. The van der Waals surface area contributed by atoms with Crippen LogP contribution in [-0.2, 0) is 16.6 Å². The summed E-state index contributed by atoms with van der Waals surface area (Å²) in [4.78, 5) is 0.144. The van der Waals surface area contributed by atoms with Gasteiger partial charge >= 0.3 is 0 Å². The third-order valence-corrected chi connectivity index (χ3v) is 5.12. The molecule has 0 amide bonds. The van der Waals surface area contributed by atoms with Crippen molar-refractivity contribution in [3.8, 4) is 5.75 Å². The fourth-order valence-electron chi connectivity index (χ4n) is 2.23. The van der Waals surface area contributed by atoms with Crippen molar-refractivity contribution in [1.82, 2.24) is 0 Å². The van der Waals surface area contributed by atoms with Gasteiger partial charge in [-0.05, 0) is 41.5 Å². The predicted molar refractivity (Wildman–Crippen MR) is 103 cm³/mol. The molecule has 0 aliphatic rings. The van der Waals surface area contributed by atoms with Gasteiger partial charge in [0.1, 0.15) is 12.4 Å². The molecule has 4 nitrogen and oxygen atoms in total. The van der Waals surface area contributed by atoms with Crippen molar-refractivity contribution >= 4 is 27.8 Å². The number of rotatable bonds is 6. The van der Waals surface area contributed by atoms with E-state index in [1.54, 1.807) is 36.4 Å². The van der Waals surface area contributed by atoms with Gasteiger partial charge in [-0.2, -0.15) is 12.8 Å². The number of hydrogen-bond acceptors (Lipinski definition) is 3. The van der Waals surface area contributed by atoms with E-state index in [-0.39, 0.29) is 4.90 Å². The van der Waals surface area contributed by atoms with Gasteiger partial charge in [0.2, 0.25) is 0 Å². The van der Waals surface area contributed by atoms with Gasteiger partial charge in [-0.1, -0.05) is 60.1 Å². The zero-order chi connectivity index (χ0) is 18.4. The molecule has 0 fully saturated rings. The monoisotopic (exact) mass is 385 g/mol. The molecule has 0 spiro atoms. The Kier molecular flexibility index (Phi) is 5.71. The zero-order valence-electron chi connectivity index (χ0n) is 13.7. The summed E-state index contributed by atoms with van der Waals surface area (Å²) in [7, 11) is -3.73. The molecule has 0 heterocycles. The summed E-state index contributed by atoms with van der Waals surface area (Å²) in [5, 5.41) is 0.391. The Morgan fingerprint density at radius 1 is 0.923 bits per heavy atom. The van der Waals surface area contributed by atoms with Crippen LogP contribution in [0.3, 0.4) is 0 Å². The third-order valence-electron chi connectivity index (χ3n) is 3.57. The SMILES string of the molecule is O=S(=O)(/N=C\c1ccc(OCc2ccccc2)c(Cl)c1)c1ccccc1. The first kappa shape index (κ1) is 18.2. The van der Waals surface area contributed by atoms with Gasteiger partial charge in [0.05, 0.1) is 9.92 Å². The number of ether oxygens (including phenoxy) is 1. The normalized spacial score (nSPS) is 11.6. The van der Waals surface area contributed by atoms with E-state index >= 15 is 0 Å². The first-order valence-electron chi connectivity index (χ1n) is 7.86. The summed E-state index contributed by atoms with van der Waals surface area (Å²) in [5.74, 6) is 0.526. The highest BCUT2D eigenvalue weighted by Gasteiger charge is 2.10. The second-order valence-corrected chi connectivity index (χ2v) is 7.53. The van der Waals surface area contributed by atoms with Crippen molar-refractivity contribution in [1.29, 1.82) is 0 Å². The van der Waals surface area contributed by atoms with Crippen molar-refractivity contribution in [3.63, 3.8) is 0 Å². The molecule has 3 rings (SSSR count). The lowest BCUT2D eigenvalue weighted by Crippen LogP contribution is -1.98. The molecule has 0 saturated carbocycles. The average molecular weight is 386 g/mol. The molecule has 6 heteroatoms. The minimum atomic E-state index is -3.73. The van der Waals surface area contributed by atoms with Crippen LogP contribution in [0.1, 0.15) is 11.1 Å². The Hall–Kier alpha value is -2.63. The fraction of sp³-hybridized carbons (Fsp3) is 0.0500. The summed E-state index contributed by atoms with van der Waals surface area (Å²) in [5.41, 5.74) is 1.60. The zero-order valence-corrected chi connectivity index (χ0v) is 15.3. The number of hydrogen-bond donors (Lipinski definition) is 0. The Balaban J connectivity index is 1.71. The van der Waals surface area contributed by atoms with Gasteiger partial charge < -0.3 is 4.74 Å². The van der Waals surface area contributed by atoms with Crippen LogP contribution in [0.25, 0.3) is 0 Å². The summed E-state index contributed by atoms with van der Waals surface area (Å²) in [6, 6.07) is 22.8.